The molecule has 7 heteroatoms. The number of amides is 1. The molecule has 1 aromatic rings. The van der Waals surface area contributed by atoms with Crippen molar-refractivity contribution in [3.8, 4) is 0 Å². The molecule has 1 aromatic carbocycles. The number of rotatable bonds is 4. The largest absolute Gasteiger partial charge is 0.548 e. The molecular weight excluding hydrogens is 325 g/mol. The van der Waals surface area contributed by atoms with E-state index in [0.29, 0.717) is 10.5 Å². The molecule has 116 valence electrons. The molecule has 22 heavy (non-hydrogen) atoms. The monoisotopic (exact) mass is 338 g/mol. The van der Waals surface area contributed by atoms with Crippen molar-refractivity contribution in [2.75, 3.05) is 0 Å². The second-order valence-electron chi connectivity index (χ2n) is 5.11. The third-order valence-corrected chi connectivity index (χ3v) is 4.47. The van der Waals surface area contributed by atoms with E-state index in [9.17, 15) is 19.1 Å². The molecule has 0 aliphatic carbocycles. The minimum Gasteiger partial charge on any atom is -0.548 e. The third-order valence-electron chi connectivity index (χ3n) is 3.14. The standard InChI is InChI=1S/C15H14FNO3S2/c1-8(2)12(14(19)20)17-13(18)11(22-15(17)21)7-9-3-5-10(16)6-4-9/h3-8,12H,1-2H3,(H,19,20)/p-1/b11-7-/t12-/m1/s1. The van der Waals surface area contributed by atoms with Crippen LogP contribution in [-0.2, 0) is 9.59 Å². The summed E-state index contributed by atoms with van der Waals surface area (Å²) in [7, 11) is 0. The predicted octanol–water partition coefficient (Wildman–Crippen LogP) is 1.80. The minimum absolute atomic E-state index is 0.182. The van der Waals surface area contributed by atoms with E-state index in [1.165, 1.54) is 24.3 Å². The topological polar surface area (TPSA) is 60.4 Å². The van der Waals surface area contributed by atoms with Crippen molar-refractivity contribution in [3.05, 3.63) is 40.6 Å². The van der Waals surface area contributed by atoms with E-state index in [1.807, 2.05) is 0 Å². The van der Waals surface area contributed by atoms with Crippen molar-refractivity contribution in [1.82, 2.24) is 4.90 Å². The molecule has 0 aromatic heterocycles. The number of aliphatic carboxylic acids is 1. The van der Waals surface area contributed by atoms with Gasteiger partial charge in [0.05, 0.1) is 16.9 Å². The Kier molecular flexibility index (Phi) is 4.97. The molecule has 1 saturated heterocycles. The van der Waals surface area contributed by atoms with Crippen LogP contribution in [0, 0.1) is 11.7 Å². The summed E-state index contributed by atoms with van der Waals surface area (Å²) < 4.78 is 13.1. The highest BCUT2D eigenvalue weighted by atomic mass is 32.2. The number of halogens is 1. The normalized spacial score (nSPS) is 18.4. The number of thiocarbonyl (C=S) groups is 1. The van der Waals surface area contributed by atoms with Crippen LogP contribution in [0.5, 0.6) is 0 Å². The van der Waals surface area contributed by atoms with E-state index in [2.05, 4.69) is 0 Å². The number of carbonyl (C=O) groups excluding carboxylic acids is 2. The summed E-state index contributed by atoms with van der Waals surface area (Å²) >= 11 is 6.15. The van der Waals surface area contributed by atoms with Gasteiger partial charge in [-0.1, -0.05) is 50.0 Å². The van der Waals surface area contributed by atoms with Crippen LogP contribution in [-0.4, -0.2) is 27.1 Å². The maximum absolute atomic E-state index is 12.9. The van der Waals surface area contributed by atoms with Crippen LogP contribution < -0.4 is 5.11 Å². The van der Waals surface area contributed by atoms with Gasteiger partial charge in [-0.25, -0.2) is 4.39 Å². The van der Waals surface area contributed by atoms with Crippen LogP contribution in [0.2, 0.25) is 0 Å². The highest BCUT2D eigenvalue weighted by Gasteiger charge is 2.38. The van der Waals surface area contributed by atoms with Crippen LogP contribution in [0.15, 0.2) is 29.2 Å². The second kappa shape index (κ2) is 6.58. The number of hydrogen-bond acceptors (Lipinski definition) is 5. The lowest BCUT2D eigenvalue weighted by molar-refractivity contribution is -0.311. The summed E-state index contributed by atoms with van der Waals surface area (Å²) in [6.07, 6.45) is 1.56. The van der Waals surface area contributed by atoms with Crippen molar-refractivity contribution >= 4 is 46.3 Å². The van der Waals surface area contributed by atoms with E-state index >= 15 is 0 Å². The summed E-state index contributed by atoms with van der Waals surface area (Å²) in [5.41, 5.74) is 0.636. The summed E-state index contributed by atoms with van der Waals surface area (Å²) in [5.74, 6) is -2.52. The number of benzene rings is 1. The molecule has 1 fully saturated rings. The number of carbonyl (C=O) groups is 2. The SMILES string of the molecule is CC(C)[C@H](C(=O)[O-])N1C(=O)/C(=C/c2ccc(F)cc2)SC1=S. The van der Waals surface area contributed by atoms with Gasteiger partial charge in [0.25, 0.3) is 5.91 Å². The van der Waals surface area contributed by atoms with E-state index in [-0.39, 0.29) is 16.1 Å². The van der Waals surface area contributed by atoms with Gasteiger partial charge in [0, 0.05) is 0 Å². The fourth-order valence-electron chi connectivity index (χ4n) is 2.11. The molecule has 1 aliphatic rings. The average Bonchev–Trinajstić information content (AvgIpc) is 2.69. The van der Waals surface area contributed by atoms with Crippen LogP contribution in [0.4, 0.5) is 4.39 Å². The molecule has 0 saturated carbocycles. The summed E-state index contributed by atoms with van der Waals surface area (Å²) in [5, 5.41) is 11.3. The summed E-state index contributed by atoms with van der Waals surface area (Å²) in [4.78, 5) is 25.1. The van der Waals surface area contributed by atoms with Crippen molar-refractivity contribution in [1.29, 1.82) is 0 Å². The number of carboxylic acid groups (broad SMARTS) is 1. The molecule has 0 N–H and O–H groups in total. The molecule has 0 spiro atoms. The maximum atomic E-state index is 12.9. The Balaban J connectivity index is 2.32. The van der Waals surface area contributed by atoms with Gasteiger partial charge in [-0.15, -0.1) is 0 Å². The maximum Gasteiger partial charge on any atom is 0.266 e. The molecule has 4 nitrogen and oxygen atoms in total. The van der Waals surface area contributed by atoms with Crippen molar-refractivity contribution in [3.63, 3.8) is 0 Å². The zero-order valence-electron chi connectivity index (χ0n) is 11.9. The Morgan fingerprint density at radius 1 is 1.36 bits per heavy atom. The van der Waals surface area contributed by atoms with Gasteiger partial charge in [-0.2, -0.15) is 0 Å². The quantitative estimate of drug-likeness (QED) is 0.619. The molecule has 0 unspecified atom stereocenters. The van der Waals surface area contributed by atoms with Crippen LogP contribution in [0.1, 0.15) is 19.4 Å². The lowest BCUT2D eigenvalue weighted by Crippen LogP contribution is -2.52. The molecule has 1 heterocycles. The number of hydrogen-bond donors (Lipinski definition) is 0. The van der Waals surface area contributed by atoms with Crippen molar-refractivity contribution in [2.45, 2.75) is 19.9 Å². The van der Waals surface area contributed by atoms with Crippen LogP contribution in [0.25, 0.3) is 6.08 Å². The van der Waals surface area contributed by atoms with Crippen LogP contribution in [0.3, 0.4) is 0 Å². The molecule has 1 amide bonds. The van der Waals surface area contributed by atoms with Gasteiger partial charge in [-0.05, 0) is 29.7 Å². The third kappa shape index (κ3) is 3.36. The van der Waals surface area contributed by atoms with E-state index in [1.54, 1.807) is 19.9 Å². The van der Waals surface area contributed by atoms with Gasteiger partial charge in [-0.3, -0.25) is 9.69 Å². The molecule has 0 bridgehead atoms. The van der Waals surface area contributed by atoms with E-state index < -0.39 is 17.9 Å². The second-order valence-corrected chi connectivity index (χ2v) is 6.79. The Bertz CT molecular complexity index is 655. The minimum atomic E-state index is -1.34. The van der Waals surface area contributed by atoms with Crippen LogP contribution >= 0.6 is 24.0 Å². The molecule has 0 radical (unpaired) electrons. The molecule has 1 aliphatic heterocycles. The zero-order chi connectivity index (χ0) is 16.4. The molecule has 1 atom stereocenters. The zero-order valence-corrected chi connectivity index (χ0v) is 13.5. The lowest BCUT2D eigenvalue weighted by atomic mass is 10.0. The van der Waals surface area contributed by atoms with Gasteiger partial charge in [0.2, 0.25) is 0 Å². The smallest absolute Gasteiger partial charge is 0.266 e. The van der Waals surface area contributed by atoms with E-state index in [4.69, 9.17) is 12.2 Å². The van der Waals surface area contributed by atoms with E-state index in [0.717, 1.165) is 16.7 Å². The number of nitrogens with zero attached hydrogens (tertiary/aromatic N) is 1. The average molecular weight is 338 g/mol. The first-order valence-corrected chi connectivity index (χ1v) is 7.77. The Morgan fingerprint density at radius 3 is 2.45 bits per heavy atom. The highest BCUT2D eigenvalue weighted by Crippen LogP contribution is 2.35. The Labute approximate surface area is 137 Å². The summed E-state index contributed by atoms with van der Waals surface area (Å²) in [6.45, 7) is 3.37. The number of carboxylic acids is 1. The molecular formula is C15H13FNO3S2-. The van der Waals surface area contributed by atoms with Gasteiger partial charge < -0.3 is 9.90 Å². The fraction of sp³-hybridized carbons (Fsp3) is 0.267. The lowest BCUT2D eigenvalue weighted by Gasteiger charge is -2.30. The first kappa shape index (κ1) is 16.6. The molecule has 2 rings (SSSR count). The highest BCUT2D eigenvalue weighted by molar-refractivity contribution is 8.26. The first-order valence-electron chi connectivity index (χ1n) is 6.54. The Hall–Kier alpha value is -1.73. The van der Waals surface area contributed by atoms with Crippen molar-refractivity contribution in [2.24, 2.45) is 5.92 Å². The fourth-order valence-corrected chi connectivity index (χ4v) is 3.44. The number of thioether (sulfide) groups is 1. The first-order chi connectivity index (χ1) is 10.3. The predicted molar refractivity (Wildman–Crippen MR) is 85.0 cm³/mol. The van der Waals surface area contributed by atoms with Gasteiger partial charge in [0.15, 0.2) is 0 Å². The van der Waals surface area contributed by atoms with Gasteiger partial charge >= 0.3 is 0 Å². The Morgan fingerprint density at radius 2 is 1.95 bits per heavy atom. The van der Waals surface area contributed by atoms with Gasteiger partial charge in [0.1, 0.15) is 10.1 Å². The summed E-state index contributed by atoms with van der Waals surface area (Å²) in [6, 6.07) is 4.52. The van der Waals surface area contributed by atoms with Crippen molar-refractivity contribution < 1.29 is 19.1 Å².